The molecule has 0 aliphatic carbocycles. The Labute approximate surface area is 54.6 Å². The topological polar surface area (TPSA) is 36.2 Å². The zero-order chi connectivity index (χ0) is 4.41. The summed E-state index contributed by atoms with van der Waals surface area (Å²) in [6.07, 6.45) is 4.98. The minimum atomic E-state index is 0. The van der Waals surface area contributed by atoms with Crippen molar-refractivity contribution in [1.82, 2.24) is 0 Å². The van der Waals surface area contributed by atoms with Crippen molar-refractivity contribution in [1.29, 1.82) is 5.41 Å². The fraction of sp³-hybridized carbons (Fsp3) is 0. The summed E-state index contributed by atoms with van der Waals surface area (Å²) in [5.41, 5.74) is 0. The van der Waals surface area contributed by atoms with Crippen LogP contribution in [0.15, 0.2) is 17.1 Å². The van der Waals surface area contributed by atoms with E-state index in [4.69, 9.17) is 5.41 Å². The van der Waals surface area contributed by atoms with Gasteiger partial charge in [-0.05, 0) is 12.2 Å². The van der Waals surface area contributed by atoms with Gasteiger partial charge < -0.3 is 0 Å². The van der Waals surface area contributed by atoms with Gasteiger partial charge in [0.25, 0.3) is 0 Å². The maximum Gasteiger partial charge on any atom is 0.144 e. The summed E-state index contributed by atoms with van der Waals surface area (Å²) in [6.45, 7) is 0. The van der Waals surface area contributed by atoms with Gasteiger partial charge >= 0.3 is 0 Å². The van der Waals surface area contributed by atoms with Crippen LogP contribution in [-0.2, 0) is 19.5 Å². The monoisotopic (exact) mass is 144 g/mol. The normalized spacial score (nSPS) is 14.6. The van der Waals surface area contributed by atoms with E-state index in [1.54, 1.807) is 18.4 Å². The van der Waals surface area contributed by atoms with Gasteiger partial charge in [-0.1, -0.05) is 0 Å². The summed E-state index contributed by atoms with van der Waals surface area (Å²) in [6, 6.07) is 0. The molecule has 1 aliphatic rings. The number of allylic oxidation sites excluding steroid dienone is 1. The van der Waals surface area contributed by atoms with E-state index in [0.717, 1.165) is 0 Å². The van der Waals surface area contributed by atoms with Crippen molar-refractivity contribution in [2.45, 2.75) is 0 Å². The van der Waals surface area contributed by atoms with Crippen LogP contribution < -0.4 is 0 Å². The van der Waals surface area contributed by atoms with Crippen LogP contribution in [0.3, 0.4) is 0 Å². The molecular formula is C4H4N2Zn. The predicted molar refractivity (Wildman–Crippen MR) is 25.4 cm³/mol. The first kappa shape index (κ1) is 6.70. The van der Waals surface area contributed by atoms with E-state index in [2.05, 4.69) is 4.99 Å². The van der Waals surface area contributed by atoms with Crippen LogP contribution in [0.1, 0.15) is 0 Å². The first-order chi connectivity index (χ1) is 2.89. The Balaban J connectivity index is 0.000000360. The molecule has 3 heteroatoms. The molecule has 1 heterocycles. The van der Waals surface area contributed by atoms with Gasteiger partial charge in [0.15, 0.2) is 0 Å². The van der Waals surface area contributed by atoms with Crippen LogP contribution in [0.4, 0.5) is 0 Å². The summed E-state index contributed by atoms with van der Waals surface area (Å²) < 4.78 is 0. The van der Waals surface area contributed by atoms with Crippen LogP contribution in [0.5, 0.6) is 0 Å². The quantitative estimate of drug-likeness (QED) is 0.485. The number of aliphatic imine (C=N–C) groups is 1. The van der Waals surface area contributed by atoms with Crippen molar-refractivity contribution in [3.63, 3.8) is 0 Å². The SMILES string of the molecule is N=C1C=CC=N1.[Zn]. The van der Waals surface area contributed by atoms with Crippen molar-refractivity contribution < 1.29 is 19.5 Å². The maximum absolute atomic E-state index is 6.76. The van der Waals surface area contributed by atoms with E-state index in [0.29, 0.717) is 5.84 Å². The maximum atomic E-state index is 6.76. The van der Waals surface area contributed by atoms with Gasteiger partial charge in [-0.3, -0.25) is 5.41 Å². The number of hydrogen-bond donors (Lipinski definition) is 1. The summed E-state index contributed by atoms with van der Waals surface area (Å²) in [7, 11) is 0. The first-order valence-corrected chi connectivity index (χ1v) is 1.69. The van der Waals surface area contributed by atoms with Crippen LogP contribution in [0, 0.1) is 5.41 Å². The van der Waals surface area contributed by atoms with Gasteiger partial charge in [-0.2, -0.15) is 0 Å². The minimum absolute atomic E-state index is 0. The Hall–Kier alpha value is -0.297. The Morgan fingerprint density at radius 1 is 1.57 bits per heavy atom. The number of hydrogen-bond acceptors (Lipinski definition) is 1. The number of nitrogens with zero attached hydrogens (tertiary/aromatic N) is 1. The molecule has 1 N–H and O–H groups in total. The molecule has 0 aromatic rings. The molecule has 1 rings (SSSR count). The van der Waals surface area contributed by atoms with E-state index in [1.165, 1.54) is 0 Å². The summed E-state index contributed by atoms with van der Waals surface area (Å²) >= 11 is 0. The molecule has 0 fully saturated rings. The van der Waals surface area contributed by atoms with Crippen LogP contribution in [0.2, 0.25) is 0 Å². The summed E-state index contributed by atoms with van der Waals surface area (Å²) in [4.78, 5) is 3.58. The van der Waals surface area contributed by atoms with Gasteiger partial charge in [0.05, 0.1) is 0 Å². The van der Waals surface area contributed by atoms with Crippen LogP contribution in [0.25, 0.3) is 0 Å². The first-order valence-electron chi connectivity index (χ1n) is 1.69. The second-order valence-corrected chi connectivity index (χ2v) is 1.02. The van der Waals surface area contributed by atoms with Gasteiger partial charge in [-0.25, -0.2) is 4.99 Å². The van der Waals surface area contributed by atoms with Crippen molar-refractivity contribution in [2.24, 2.45) is 4.99 Å². The molecule has 1 aliphatic heterocycles. The molecule has 0 aromatic heterocycles. The zero-order valence-corrected chi connectivity index (χ0v) is 6.85. The van der Waals surface area contributed by atoms with Crippen molar-refractivity contribution >= 4 is 12.1 Å². The molecule has 0 atom stereocenters. The van der Waals surface area contributed by atoms with E-state index in [9.17, 15) is 0 Å². The third-order valence-electron chi connectivity index (χ3n) is 0.554. The number of nitrogens with one attached hydrogen (secondary N) is 1. The molecule has 0 amide bonds. The largest absolute Gasteiger partial charge is 0.283 e. The molecule has 0 unspecified atom stereocenters. The number of rotatable bonds is 0. The molecule has 0 aromatic carbocycles. The molecule has 0 bridgehead atoms. The average molecular weight is 145 g/mol. The Bertz CT molecular complexity index is 112. The predicted octanol–water partition coefficient (Wildman–Crippen LogP) is 0.602. The standard InChI is InChI=1S/C4H4N2.Zn/c5-4-2-1-3-6-4;/h1-3,5H;. The molecule has 0 spiro atoms. The van der Waals surface area contributed by atoms with Crippen molar-refractivity contribution in [2.75, 3.05) is 0 Å². The number of amidine groups is 1. The van der Waals surface area contributed by atoms with Gasteiger partial charge in [-0.15, -0.1) is 0 Å². The van der Waals surface area contributed by atoms with Crippen LogP contribution >= 0.6 is 0 Å². The smallest absolute Gasteiger partial charge is 0.144 e. The fourth-order valence-electron chi connectivity index (χ4n) is 0.301. The second kappa shape index (κ2) is 2.81. The second-order valence-electron chi connectivity index (χ2n) is 1.02. The molecule has 0 radical (unpaired) electrons. The molecule has 32 valence electrons. The summed E-state index contributed by atoms with van der Waals surface area (Å²) in [5, 5.41) is 6.76. The van der Waals surface area contributed by atoms with E-state index in [1.807, 2.05) is 0 Å². The van der Waals surface area contributed by atoms with E-state index < -0.39 is 0 Å². The van der Waals surface area contributed by atoms with Crippen LogP contribution in [-0.4, -0.2) is 12.1 Å². The van der Waals surface area contributed by atoms with Crippen molar-refractivity contribution in [3.05, 3.63) is 12.2 Å². The average Bonchev–Trinajstić information content (AvgIpc) is 1.86. The zero-order valence-electron chi connectivity index (χ0n) is 3.89. The molecule has 0 saturated carbocycles. The fourth-order valence-corrected chi connectivity index (χ4v) is 0.301. The van der Waals surface area contributed by atoms with Gasteiger partial charge in [0, 0.05) is 25.7 Å². The third-order valence-corrected chi connectivity index (χ3v) is 0.554. The molecular weight excluding hydrogens is 141 g/mol. The van der Waals surface area contributed by atoms with E-state index >= 15 is 0 Å². The minimum Gasteiger partial charge on any atom is -0.283 e. The molecule has 2 nitrogen and oxygen atoms in total. The van der Waals surface area contributed by atoms with Gasteiger partial charge in [0.2, 0.25) is 0 Å². The Morgan fingerprint density at radius 2 is 2.29 bits per heavy atom. The van der Waals surface area contributed by atoms with Gasteiger partial charge in [0.1, 0.15) is 5.84 Å². The molecule has 0 saturated heterocycles. The summed E-state index contributed by atoms with van der Waals surface area (Å²) in [5.74, 6) is 0.343. The Kier molecular flexibility index (Phi) is 2.69. The Morgan fingerprint density at radius 3 is 2.43 bits per heavy atom. The third kappa shape index (κ3) is 1.74. The van der Waals surface area contributed by atoms with Crippen molar-refractivity contribution in [3.8, 4) is 0 Å². The van der Waals surface area contributed by atoms with E-state index in [-0.39, 0.29) is 19.5 Å². The molecule has 7 heavy (non-hydrogen) atoms.